The Hall–Kier alpha value is -3.47. The van der Waals surface area contributed by atoms with Gasteiger partial charge in [-0.3, -0.25) is 9.59 Å². The van der Waals surface area contributed by atoms with Gasteiger partial charge in [0.15, 0.2) is 17.4 Å². The molecule has 9 nitrogen and oxygen atoms in total. The minimum Gasteiger partial charge on any atom is -0.469 e. The molecule has 1 aliphatic rings. The van der Waals surface area contributed by atoms with Crippen LogP contribution in [-0.4, -0.2) is 63.7 Å². The fraction of sp³-hybridized carbons (Fsp3) is 0.391. The lowest BCUT2D eigenvalue weighted by Crippen LogP contribution is -2.30. The SMILES string of the molecule is C=CC(=O)N1C[C@H](F)[C@H](Oc2nc(Nc3ncc(C(=O)NC)s3)cc3c2ccn3CC(C)C)C1. The normalized spacial score (nSPS) is 17.9. The van der Waals surface area contributed by atoms with Crippen LogP contribution < -0.4 is 15.4 Å². The summed E-state index contributed by atoms with van der Waals surface area (Å²) in [5.41, 5.74) is 0.872. The number of fused-ring (bicyclic) bond motifs is 1. The second-order valence-electron chi connectivity index (χ2n) is 8.46. The maximum absolute atomic E-state index is 14.7. The summed E-state index contributed by atoms with van der Waals surface area (Å²) in [6.07, 6.45) is 2.42. The zero-order chi connectivity index (χ0) is 24.4. The second-order valence-corrected chi connectivity index (χ2v) is 9.49. The van der Waals surface area contributed by atoms with Crippen LogP contribution in [0.25, 0.3) is 10.9 Å². The highest BCUT2D eigenvalue weighted by Gasteiger charge is 2.37. The number of rotatable bonds is 8. The molecule has 11 heteroatoms. The average Bonchev–Trinajstić information content (AvgIpc) is 3.52. The lowest BCUT2D eigenvalue weighted by Gasteiger charge is -2.17. The average molecular weight is 487 g/mol. The van der Waals surface area contributed by atoms with E-state index < -0.39 is 12.3 Å². The molecule has 1 saturated heterocycles. The number of amides is 2. The maximum atomic E-state index is 14.7. The van der Waals surface area contributed by atoms with Crippen LogP contribution in [0.1, 0.15) is 23.5 Å². The van der Waals surface area contributed by atoms with Crippen LogP contribution in [0.3, 0.4) is 0 Å². The molecular formula is C23H27FN6O3S. The molecule has 0 spiro atoms. The maximum Gasteiger partial charge on any atom is 0.262 e. The van der Waals surface area contributed by atoms with Crippen molar-refractivity contribution in [3.63, 3.8) is 0 Å². The molecule has 2 atom stereocenters. The van der Waals surface area contributed by atoms with E-state index in [-0.39, 0.29) is 30.8 Å². The molecule has 180 valence electrons. The van der Waals surface area contributed by atoms with Crippen LogP contribution in [0.15, 0.2) is 37.2 Å². The number of nitrogens with zero attached hydrogens (tertiary/aromatic N) is 4. The van der Waals surface area contributed by atoms with Gasteiger partial charge in [-0.05, 0) is 18.1 Å². The molecule has 3 aromatic rings. The Bertz CT molecular complexity index is 1220. The minimum atomic E-state index is -1.34. The Kier molecular flexibility index (Phi) is 6.82. The summed E-state index contributed by atoms with van der Waals surface area (Å²) in [5.74, 6) is 0.573. The molecule has 2 amide bonds. The van der Waals surface area contributed by atoms with Crippen molar-refractivity contribution in [1.82, 2.24) is 24.8 Å². The third-order valence-corrected chi connectivity index (χ3v) is 6.35. The number of aromatic nitrogens is 3. The predicted molar refractivity (Wildman–Crippen MR) is 129 cm³/mol. The first-order valence-corrected chi connectivity index (χ1v) is 11.8. The number of carbonyl (C=O) groups is 2. The number of thiazole rings is 1. The first kappa shape index (κ1) is 23.7. The van der Waals surface area contributed by atoms with E-state index in [0.29, 0.717) is 21.7 Å². The zero-order valence-electron chi connectivity index (χ0n) is 19.2. The smallest absolute Gasteiger partial charge is 0.262 e. The highest BCUT2D eigenvalue weighted by Crippen LogP contribution is 2.32. The minimum absolute atomic E-state index is 0.0493. The number of nitrogens with one attached hydrogen (secondary N) is 2. The number of carbonyl (C=O) groups excluding carboxylic acids is 2. The first-order chi connectivity index (χ1) is 16.3. The van der Waals surface area contributed by atoms with Gasteiger partial charge in [-0.25, -0.2) is 9.37 Å². The molecule has 1 aliphatic heterocycles. The third kappa shape index (κ3) is 4.89. The van der Waals surface area contributed by atoms with Crippen molar-refractivity contribution in [3.05, 3.63) is 42.1 Å². The van der Waals surface area contributed by atoms with E-state index in [1.807, 2.05) is 18.3 Å². The Balaban J connectivity index is 1.67. The number of hydrogen-bond acceptors (Lipinski definition) is 7. The Morgan fingerprint density at radius 1 is 1.41 bits per heavy atom. The highest BCUT2D eigenvalue weighted by atomic mass is 32.1. The van der Waals surface area contributed by atoms with Crippen molar-refractivity contribution in [2.75, 3.05) is 25.5 Å². The molecule has 1 fully saturated rings. The van der Waals surface area contributed by atoms with Crippen LogP contribution in [0, 0.1) is 5.92 Å². The molecule has 2 N–H and O–H groups in total. The number of likely N-dealkylation sites (tertiary alicyclic amines) is 1. The number of hydrogen-bond donors (Lipinski definition) is 2. The van der Waals surface area contributed by atoms with E-state index in [2.05, 4.69) is 45.6 Å². The summed E-state index contributed by atoms with van der Waals surface area (Å²) in [6, 6.07) is 3.77. The summed E-state index contributed by atoms with van der Waals surface area (Å²) in [7, 11) is 1.56. The van der Waals surface area contributed by atoms with Crippen LogP contribution >= 0.6 is 11.3 Å². The lowest BCUT2D eigenvalue weighted by atomic mass is 10.2. The topological polar surface area (TPSA) is 101 Å². The van der Waals surface area contributed by atoms with Gasteiger partial charge in [0.25, 0.3) is 5.91 Å². The van der Waals surface area contributed by atoms with Crippen molar-refractivity contribution < 1.29 is 18.7 Å². The van der Waals surface area contributed by atoms with E-state index in [9.17, 15) is 14.0 Å². The Morgan fingerprint density at radius 2 is 2.21 bits per heavy atom. The van der Waals surface area contributed by atoms with E-state index >= 15 is 0 Å². The largest absolute Gasteiger partial charge is 0.469 e. The Morgan fingerprint density at radius 3 is 2.91 bits per heavy atom. The number of halogens is 1. The molecular weight excluding hydrogens is 459 g/mol. The Labute approximate surface area is 200 Å². The fourth-order valence-electron chi connectivity index (χ4n) is 3.83. The van der Waals surface area contributed by atoms with Crippen molar-refractivity contribution in [1.29, 1.82) is 0 Å². The summed E-state index contributed by atoms with van der Waals surface area (Å²) >= 11 is 1.19. The summed E-state index contributed by atoms with van der Waals surface area (Å²) in [5, 5.41) is 6.94. The number of alkyl halides is 1. The molecule has 0 radical (unpaired) electrons. The van der Waals surface area contributed by atoms with Gasteiger partial charge in [-0.2, -0.15) is 4.98 Å². The molecule has 3 aromatic heterocycles. The van der Waals surface area contributed by atoms with Gasteiger partial charge in [-0.15, -0.1) is 0 Å². The number of ether oxygens (including phenoxy) is 1. The van der Waals surface area contributed by atoms with Crippen molar-refractivity contribution in [2.45, 2.75) is 32.7 Å². The van der Waals surface area contributed by atoms with Gasteiger partial charge >= 0.3 is 0 Å². The fourth-order valence-corrected chi connectivity index (χ4v) is 4.60. The highest BCUT2D eigenvalue weighted by molar-refractivity contribution is 7.17. The van der Waals surface area contributed by atoms with E-state index in [1.54, 1.807) is 7.05 Å². The predicted octanol–water partition coefficient (Wildman–Crippen LogP) is 3.37. The van der Waals surface area contributed by atoms with Crippen molar-refractivity contribution in [2.24, 2.45) is 5.92 Å². The molecule has 0 saturated carbocycles. The van der Waals surface area contributed by atoms with Gasteiger partial charge in [0.2, 0.25) is 11.8 Å². The quantitative estimate of drug-likeness (QED) is 0.474. The van der Waals surface area contributed by atoms with E-state index in [1.165, 1.54) is 28.5 Å². The van der Waals surface area contributed by atoms with E-state index in [0.717, 1.165) is 17.4 Å². The van der Waals surface area contributed by atoms with E-state index in [4.69, 9.17) is 4.74 Å². The monoisotopic (exact) mass is 486 g/mol. The van der Waals surface area contributed by atoms with Crippen LogP contribution in [0.2, 0.25) is 0 Å². The van der Waals surface area contributed by atoms with Crippen LogP contribution in [0.5, 0.6) is 5.88 Å². The van der Waals surface area contributed by atoms with Gasteiger partial charge < -0.3 is 24.8 Å². The molecule has 0 unspecified atom stereocenters. The van der Waals surface area contributed by atoms with Crippen molar-refractivity contribution >= 4 is 45.0 Å². The standard InChI is InChI=1S/C23H27FN6O3S/c1-5-20(31)30-11-15(24)17(12-30)33-22-14-6-7-29(10-13(2)3)16(14)8-19(27-22)28-23-26-9-18(34-23)21(32)25-4/h5-9,13,15,17H,1,10-12H2,2-4H3,(H,25,32)(H,26,27,28)/t15-,17+/m0/s1. The lowest BCUT2D eigenvalue weighted by molar-refractivity contribution is -0.125. The summed E-state index contributed by atoms with van der Waals surface area (Å²) < 4.78 is 22.8. The summed E-state index contributed by atoms with van der Waals surface area (Å²) in [6.45, 7) is 8.55. The van der Waals surface area contributed by atoms with Crippen LogP contribution in [-0.2, 0) is 11.3 Å². The molecule has 4 heterocycles. The summed E-state index contributed by atoms with van der Waals surface area (Å²) in [4.78, 5) is 34.5. The van der Waals surface area contributed by atoms with Gasteiger partial charge in [0.05, 0.1) is 30.2 Å². The molecule has 0 bridgehead atoms. The third-order valence-electron chi connectivity index (χ3n) is 5.43. The number of pyridine rings is 1. The molecule has 0 aromatic carbocycles. The van der Waals surface area contributed by atoms with Gasteiger partial charge in [0.1, 0.15) is 10.7 Å². The molecule has 0 aliphatic carbocycles. The first-order valence-electron chi connectivity index (χ1n) is 11.0. The zero-order valence-corrected chi connectivity index (χ0v) is 20.1. The van der Waals surface area contributed by atoms with Crippen molar-refractivity contribution in [3.8, 4) is 5.88 Å². The van der Waals surface area contributed by atoms with Gasteiger partial charge in [0, 0.05) is 25.9 Å². The number of anilines is 2. The van der Waals surface area contributed by atoms with Gasteiger partial charge in [-0.1, -0.05) is 31.8 Å². The molecule has 34 heavy (non-hydrogen) atoms. The van der Waals surface area contributed by atoms with Crippen LogP contribution in [0.4, 0.5) is 15.3 Å². The molecule has 4 rings (SSSR count). The second kappa shape index (κ2) is 9.80.